The molecule has 4 rings (SSSR count). The van der Waals surface area contributed by atoms with Gasteiger partial charge in [0.2, 0.25) is 0 Å². The highest BCUT2D eigenvalue weighted by Gasteiger charge is 2.28. The van der Waals surface area contributed by atoms with Crippen molar-refractivity contribution >= 4 is 27.3 Å². The van der Waals surface area contributed by atoms with Gasteiger partial charge in [-0.05, 0) is 43.3 Å². The molecule has 1 saturated heterocycles. The minimum Gasteiger partial charge on any atom is -0.368 e. The average Bonchev–Trinajstić information content (AvgIpc) is 2.84. The summed E-state index contributed by atoms with van der Waals surface area (Å²) in [5, 5.41) is 0. The van der Waals surface area contributed by atoms with E-state index in [4.69, 9.17) is 0 Å². The van der Waals surface area contributed by atoms with Gasteiger partial charge in [-0.2, -0.15) is 0 Å². The molecule has 1 aliphatic heterocycles. The van der Waals surface area contributed by atoms with Crippen molar-refractivity contribution in [3.8, 4) is 0 Å². The highest BCUT2D eigenvalue weighted by atomic mass is 32.2. The minimum absolute atomic E-state index is 0.153. The predicted octanol–water partition coefficient (Wildman–Crippen LogP) is 3.78. The first-order chi connectivity index (χ1) is 15.4. The molecule has 0 unspecified atom stereocenters. The number of aryl methyl sites for hydroxylation is 1. The first kappa shape index (κ1) is 21.9. The van der Waals surface area contributed by atoms with Crippen molar-refractivity contribution in [2.24, 2.45) is 0 Å². The molecule has 3 aromatic rings. The number of amides is 1. The molecule has 0 radical (unpaired) electrons. The number of sulfonamides is 1. The molecular formula is C25H27N3O3S. The summed E-state index contributed by atoms with van der Waals surface area (Å²) in [6, 6.07) is 23.7. The van der Waals surface area contributed by atoms with E-state index in [-0.39, 0.29) is 10.8 Å². The van der Waals surface area contributed by atoms with E-state index in [0.29, 0.717) is 24.3 Å². The van der Waals surface area contributed by atoms with Gasteiger partial charge < -0.3 is 9.80 Å². The van der Waals surface area contributed by atoms with Gasteiger partial charge in [0, 0.05) is 38.9 Å². The lowest BCUT2D eigenvalue weighted by Gasteiger charge is -2.36. The molecule has 1 heterocycles. The SMILES string of the molecule is Cc1ccc(S(=O)(=O)N(C)c2ccccc2C(=O)N2CCN(c3ccccc3)CC2)cc1. The summed E-state index contributed by atoms with van der Waals surface area (Å²) < 4.78 is 27.6. The van der Waals surface area contributed by atoms with Crippen LogP contribution in [0.15, 0.2) is 83.8 Å². The van der Waals surface area contributed by atoms with Crippen LogP contribution in [0.3, 0.4) is 0 Å². The third-order valence-corrected chi connectivity index (χ3v) is 7.63. The third kappa shape index (κ3) is 4.34. The summed E-state index contributed by atoms with van der Waals surface area (Å²) >= 11 is 0. The quantitative estimate of drug-likeness (QED) is 0.595. The highest BCUT2D eigenvalue weighted by molar-refractivity contribution is 7.92. The third-order valence-electron chi connectivity index (χ3n) is 5.84. The Labute approximate surface area is 189 Å². The van der Waals surface area contributed by atoms with Crippen LogP contribution in [0, 0.1) is 6.92 Å². The largest absolute Gasteiger partial charge is 0.368 e. The van der Waals surface area contributed by atoms with Gasteiger partial charge >= 0.3 is 0 Å². The Morgan fingerprint density at radius 1 is 0.812 bits per heavy atom. The van der Waals surface area contributed by atoms with Crippen molar-refractivity contribution in [2.75, 3.05) is 42.4 Å². The van der Waals surface area contributed by atoms with Crippen molar-refractivity contribution in [2.45, 2.75) is 11.8 Å². The molecule has 1 aliphatic rings. The predicted molar refractivity (Wildman–Crippen MR) is 128 cm³/mol. The topological polar surface area (TPSA) is 60.9 Å². The normalized spacial score (nSPS) is 14.3. The smallest absolute Gasteiger partial charge is 0.264 e. The maximum atomic E-state index is 13.4. The number of para-hydroxylation sites is 2. The van der Waals surface area contributed by atoms with E-state index in [2.05, 4.69) is 17.0 Å². The number of hydrogen-bond acceptors (Lipinski definition) is 4. The fraction of sp³-hybridized carbons (Fsp3) is 0.240. The van der Waals surface area contributed by atoms with E-state index < -0.39 is 10.0 Å². The molecule has 1 fully saturated rings. The molecule has 0 aromatic heterocycles. The van der Waals surface area contributed by atoms with Crippen LogP contribution in [-0.4, -0.2) is 52.5 Å². The molecule has 32 heavy (non-hydrogen) atoms. The number of piperazine rings is 1. The maximum Gasteiger partial charge on any atom is 0.264 e. The zero-order valence-corrected chi connectivity index (χ0v) is 19.1. The van der Waals surface area contributed by atoms with Crippen molar-refractivity contribution < 1.29 is 13.2 Å². The van der Waals surface area contributed by atoms with Gasteiger partial charge in [0.1, 0.15) is 0 Å². The Balaban J connectivity index is 1.54. The number of hydrogen-bond donors (Lipinski definition) is 0. The Bertz CT molecular complexity index is 1190. The molecule has 0 aliphatic carbocycles. The zero-order valence-electron chi connectivity index (χ0n) is 18.3. The van der Waals surface area contributed by atoms with Crippen molar-refractivity contribution in [3.63, 3.8) is 0 Å². The van der Waals surface area contributed by atoms with Crippen molar-refractivity contribution in [1.82, 2.24) is 4.90 Å². The summed E-state index contributed by atoms with van der Waals surface area (Å²) in [7, 11) is -2.29. The molecule has 6 nitrogen and oxygen atoms in total. The molecular weight excluding hydrogens is 422 g/mol. The van der Waals surface area contributed by atoms with Gasteiger partial charge in [0.05, 0.1) is 16.1 Å². The van der Waals surface area contributed by atoms with E-state index in [9.17, 15) is 13.2 Å². The number of carbonyl (C=O) groups excluding carboxylic acids is 1. The highest BCUT2D eigenvalue weighted by Crippen LogP contribution is 2.27. The van der Waals surface area contributed by atoms with E-state index in [1.165, 1.54) is 11.4 Å². The van der Waals surface area contributed by atoms with Crippen LogP contribution < -0.4 is 9.21 Å². The fourth-order valence-electron chi connectivity index (χ4n) is 3.90. The van der Waals surface area contributed by atoms with Crippen LogP contribution in [0.4, 0.5) is 11.4 Å². The van der Waals surface area contributed by atoms with Crippen LogP contribution in [0.25, 0.3) is 0 Å². The second kappa shape index (κ2) is 9.04. The summed E-state index contributed by atoms with van der Waals surface area (Å²) in [6.07, 6.45) is 0. The summed E-state index contributed by atoms with van der Waals surface area (Å²) in [4.78, 5) is 17.6. The maximum absolute atomic E-state index is 13.4. The number of benzene rings is 3. The second-order valence-electron chi connectivity index (χ2n) is 7.92. The van der Waals surface area contributed by atoms with Crippen LogP contribution >= 0.6 is 0 Å². The van der Waals surface area contributed by atoms with E-state index in [1.807, 2.05) is 25.1 Å². The molecule has 0 N–H and O–H groups in total. The Hall–Kier alpha value is -3.32. The number of nitrogens with zero attached hydrogens (tertiary/aromatic N) is 3. The first-order valence-electron chi connectivity index (χ1n) is 10.6. The van der Waals surface area contributed by atoms with E-state index >= 15 is 0 Å². The van der Waals surface area contributed by atoms with E-state index in [0.717, 1.165) is 24.3 Å². The average molecular weight is 450 g/mol. The van der Waals surface area contributed by atoms with Crippen molar-refractivity contribution in [3.05, 3.63) is 90.0 Å². The molecule has 7 heteroatoms. The van der Waals surface area contributed by atoms with E-state index in [1.54, 1.807) is 53.4 Å². The van der Waals surface area contributed by atoms with Crippen LogP contribution in [-0.2, 0) is 10.0 Å². The van der Waals surface area contributed by atoms with Gasteiger partial charge in [-0.1, -0.05) is 48.0 Å². The van der Waals surface area contributed by atoms with Gasteiger partial charge in [0.25, 0.3) is 15.9 Å². The summed E-state index contributed by atoms with van der Waals surface area (Å²) in [5.74, 6) is -0.153. The first-order valence-corrected chi connectivity index (χ1v) is 12.1. The summed E-state index contributed by atoms with van der Waals surface area (Å²) in [5.41, 5.74) is 2.89. The number of anilines is 2. The van der Waals surface area contributed by atoms with Gasteiger partial charge in [-0.25, -0.2) is 8.42 Å². The molecule has 1 amide bonds. The Morgan fingerprint density at radius 2 is 1.41 bits per heavy atom. The Kier molecular flexibility index (Phi) is 6.19. The Morgan fingerprint density at radius 3 is 2.06 bits per heavy atom. The van der Waals surface area contributed by atoms with Crippen LogP contribution in [0.2, 0.25) is 0 Å². The molecule has 0 spiro atoms. The fourth-order valence-corrected chi connectivity index (χ4v) is 5.12. The molecule has 166 valence electrons. The van der Waals surface area contributed by atoms with Gasteiger partial charge in [0.15, 0.2) is 0 Å². The van der Waals surface area contributed by atoms with Crippen LogP contribution in [0.1, 0.15) is 15.9 Å². The summed E-state index contributed by atoms with van der Waals surface area (Å²) in [6.45, 7) is 4.53. The molecule has 0 atom stereocenters. The molecule has 0 saturated carbocycles. The minimum atomic E-state index is -3.79. The standard InChI is InChI=1S/C25H27N3O3S/c1-20-12-14-22(15-13-20)32(30,31)26(2)24-11-7-6-10-23(24)25(29)28-18-16-27(17-19-28)21-8-4-3-5-9-21/h3-15H,16-19H2,1-2H3. The number of rotatable bonds is 5. The van der Waals surface area contributed by atoms with Crippen molar-refractivity contribution in [1.29, 1.82) is 0 Å². The monoisotopic (exact) mass is 449 g/mol. The van der Waals surface area contributed by atoms with Gasteiger partial charge in [-0.15, -0.1) is 0 Å². The lowest BCUT2D eigenvalue weighted by molar-refractivity contribution is 0.0747. The molecule has 0 bridgehead atoms. The zero-order chi connectivity index (χ0) is 22.7. The van der Waals surface area contributed by atoms with Gasteiger partial charge in [-0.3, -0.25) is 9.10 Å². The van der Waals surface area contributed by atoms with Crippen LogP contribution in [0.5, 0.6) is 0 Å². The lowest BCUT2D eigenvalue weighted by atomic mass is 10.1. The molecule has 3 aromatic carbocycles. The lowest BCUT2D eigenvalue weighted by Crippen LogP contribution is -2.49. The number of carbonyl (C=O) groups is 1. The second-order valence-corrected chi connectivity index (χ2v) is 9.89.